The first-order chi connectivity index (χ1) is 14.5. The van der Waals surface area contributed by atoms with Gasteiger partial charge in [-0.15, -0.1) is 0 Å². The van der Waals surface area contributed by atoms with Gasteiger partial charge in [-0.2, -0.15) is 0 Å². The van der Waals surface area contributed by atoms with Crippen LogP contribution in [0.4, 0.5) is 4.79 Å². The minimum absolute atomic E-state index is 0.0571. The van der Waals surface area contributed by atoms with Crippen molar-refractivity contribution in [2.24, 2.45) is 4.99 Å². The number of carbonyl (C=O) groups excluding carboxylic acids is 2. The topological polar surface area (TPSA) is 95.1 Å². The molecule has 174 valence electrons. The third-order valence-corrected chi connectivity index (χ3v) is 4.88. The number of aliphatic imine (C=N–C) groups is 1. The highest BCUT2D eigenvalue weighted by molar-refractivity contribution is 5.86. The molecule has 3 N–H and O–H groups in total. The third kappa shape index (κ3) is 10.2. The monoisotopic (exact) mass is 433 g/mol. The van der Waals surface area contributed by atoms with E-state index in [0.717, 1.165) is 5.56 Å². The summed E-state index contributed by atoms with van der Waals surface area (Å²) in [5.74, 6) is 0.453. The van der Waals surface area contributed by atoms with E-state index in [1.54, 1.807) is 14.1 Å². The maximum atomic E-state index is 12.4. The minimum atomic E-state index is -0.568. The average molecular weight is 434 g/mol. The fourth-order valence-corrected chi connectivity index (χ4v) is 2.74. The van der Waals surface area contributed by atoms with Crippen LogP contribution in [0.25, 0.3) is 0 Å². The number of nitrogens with one attached hydrogen (secondary N) is 3. The number of benzene rings is 1. The van der Waals surface area contributed by atoms with Crippen LogP contribution in [0.1, 0.15) is 53.0 Å². The Morgan fingerprint density at radius 2 is 1.65 bits per heavy atom. The Bertz CT molecular complexity index is 722. The Balaban J connectivity index is 2.90. The molecule has 0 atom stereocenters. The van der Waals surface area contributed by atoms with Gasteiger partial charge >= 0.3 is 6.09 Å². The summed E-state index contributed by atoms with van der Waals surface area (Å²) < 4.78 is 5.44. The highest BCUT2D eigenvalue weighted by Crippen LogP contribution is 2.16. The van der Waals surface area contributed by atoms with Crippen LogP contribution in [-0.4, -0.2) is 61.2 Å². The Morgan fingerprint density at radius 3 is 2.16 bits per heavy atom. The predicted molar refractivity (Wildman–Crippen MR) is 125 cm³/mol. The molecule has 1 aromatic rings. The van der Waals surface area contributed by atoms with Gasteiger partial charge in [0, 0.05) is 20.6 Å². The van der Waals surface area contributed by atoms with Gasteiger partial charge < -0.3 is 25.6 Å². The molecule has 8 nitrogen and oxygen atoms in total. The van der Waals surface area contributed by atoms with Gasteiger partial charge in [-0.1, -0.05) is 44.2 Å². The van der Waals surface area contributed by atoms with E-state index in [0.29, 0.717) is 31.9 Å². The number of ether oxygens (including phenoxy) is 1. The summed E-state index contributed by atoms with van der Waals surface area (Å²) in [7, 11) is 3.42. The summed E-state index contributed by atoms with van der Waals surface area (Å²) in [6.07, 6.45) is 0.966. The predicted octanol–water partition coefficient (Wildman–Crippen LogP) is 2.89. The van der Waals surface area contributed by atoms with Gasteiger partial charge in [0.15, 0.2) is 5.96 Å². The zero-order valence-corrected chi connectivity index (χ0v) is 20.0. The fraction of sp³-hybridized carbons (Fsp3) is 0.609. The summed E-state index contributed by atoms with van der Waals surface area (Å²) in [5, 5.41) is 9.40. The number of guanidine groups is 1. The van der Waals surface area contributed by atoms with E-state index in [1.807, 2.05) is 65.0 Å². The summed E-state index contributed by atoms with van der Waals surface area (Å²) >= 11 is 0. The number of hydrogen-bond donors (Lipinski definition) is 3. The van der Waals surface area contributed by atoms with Gasteiger partial charge in [-0.25, -0.2) is 9.79 Å². The largest absolute Gasteiger partial charge is 0.444 e. The number of hydrogen-bond acceptors (Lipinski definition) is 4. The van der Waals surface area contributed by atoms with Crippen LogP contribution in [0.2, 0.25) is 0 Å². The zero-order chi connectivity index (χ0) is 23.5. The molecule has 1 aromatic carbocycles. The second kappa shape index (κ2) is 12.2. The molecule has 8 heteroatoms. The lowest BCUT2D eigenvalue weighted by atomic mass is 9.93. The maximum Gasteiger partial charge on any atom is 0.408 e. The zero-order valence-electron chi connectivity index (χ0n) is 20.0. The molecular formula is C23H39N5O3. The molecule has 0 aliphatic rings. The lowest BCUT2D eigenvalue weighted by Crippen LogP contribution is -2.57. The fourth-order valence-electron chi connectivity index (χ4n) is 2.74. The van der Waals surface area contributed by atoms with Crippen molar-refractivity contribution in [3.05, 3.63) is 35.9 Å². The van der Waals surface area contributed by atoms with E-state index in [1.165, 1.54) is 4.90 Å². The molecule has 0 unspecified atom stereocenters. The Labute approximate surface area is 186 Å². The van der Waals surface area contributed by atoms with Crippen molar-refractivity contribution in [2.75, 3.05) is 27.2 Å². The summed E-state index contributed by atoms with van der Waals surface area (Å²) in [5.41, 5.74) is -0.0174. The third-order valence-electron chi connectivity index (χ3n) is 4.88. The van der Waals surface area contributed by atoms with E-state index in [-0.39, 0.29) is 12.5 Å². The molecule has 1 rings (SSSR count). The van der Waals surface area contributed by atoms with Crippen LogP contribution in [0.5, 0.6) is 0 Å². The van der Waals surface area contributed by atoms with Gasteiger partial charge in [0.05, 0.1) is 18.6 Å². The van der Waals surface area contributed by atoms with Crippen molar-refractivity contribution in [3.8, 4) is 0 Å². The quantitative estimate of drug-likeness (QED) is 0.411. The van der Waals surface area contributed by atoms with Crippen molar-refractivity contribution < 1.29 is 14.3 Å². The highest BCUT2D eigenvalue weighted by atomic mass is 16.6. The summed E-state index contributed by atoms with van der Waals surface area (Å²) in [6.45, 7) is 10.6. The Hall–Kier alpha value is -2.77. The number of nitrogens with zero attached hydrogens (tertiary/aromatic N) is 2. The molecule has 0 spiro atoms. The van der Waals surface area contributed by atoms with Gasteiger partial charge in [0.1, 0.15) is 5.60 Å². The van der Waals surface area contributed by atoms with Crippen LogP contribution in [0.15, 0.2) is 35.3 Å². The molecule has 31 heavy (non-hydrogen) atoms. The second-order valence-electron chi connectivity index (χ2n) is 8.76. The SMILES string of the molecule is CCC(CC)(CNC(=NCc1ccccc1)NCC(=O)N(C)C)NC(=O)OC(C)(C)C. The van der Waals surface area contributed by atoms with Gasteiger partial charge in [0.2, 0.25) is 5.91 Å². The first-order valence-electron chi connectivity index (χ1n) is 10.8. The number of carbonyl (C=O) groups is 2. The summed E-state index contributed by atoms with van der Waals surface area (Å²) in [4.78, 5) is 30.5. The Kier molecular flexibility index (Phi) is 10.3. The smallest absolute Gasteiger partial charge is 0.408 e. The van der Waals surface area contributed by atoms with Crippen LogP contribution >= 0.6 is 0 Å². The van der Waals surface area contributed by atoms with Crippen molar-refractivity contribution in [1.82, 2.24) is 20.9 Å². The van der Waals surface area contributed by atoms with Gasteiger partial charge in [0.25, 0.3) is 0 Å². The molecule has 0 saturated carbocycles. The molecule has 0 aliphatic carbocycles. The molecular weight excluding hydrogens is 394 g/mol. The van der Waals surface area contributed by atoms with E-state index in [4.69, 9.17) is 4.74 Å². The molecule has 0 aliphatic heterocycles. The van der Waals surface area contributed by atoms with Gasteiger partial charge in [-0.3, -0.25) is 4.79 Å². The lowest BCUT2D eigenvalue weighted by molar-refractivity contribution is -0.127. The number of amides is 2. The second-order valence-corrected chi connectivity index (χ2v) is 8.76. The number of alkyl carbamates (subject to hydrolysis) is 1. The molecule has 0 radical (unpaired) electrons. The molecule has 2 amide bonds. The number of rotatable bonds is 9. The summed E-state index contributed by atoms with van der Waals surface area (Å²) in [6, 6.07) is 9.88. The molecule has 0 heterocycles. The minimum Gasteiger partial charge on any atom is -0.444 e. The van der Waals surface area contributed by atoms with Crippen molar-refractivity contribution in [3.63, 3.8) is 0 Å². The van der Waals surface area contributed by atoms with E-state index in [9.17, 15) is 9.59 Å². The standard InChI is InChI=1S/C23H39N5O3/c1-8-23(9-2,27-21(30)31-22(3,4)5)17-26-20(25-16-19(29)28(6)7)24-15-18-13-11-10-12-14-18/h10-14H,8-9,15-17H2,1-7H3,(H,27,30)(H2,24,25,26). The first kappa shape index (κ1) is 26.3. The van der Waals surface area contributed by atoms with Crippen molar-refractivity contribution in [1.29, 1.82) is 0 Å². The Morgan fingerprint density at radius 1 is 1.03 bits per heavy atom. The highest BCUT2D eigenvalue weighted by Gasteiger charge is 2.30. The van der Waals surface area contributed by atoms with Crippen LogP contribution in [-0.2, 0) is 16.1 Å². The van der Waals surface area contributed by atoms with Crippen molar-refractivity contribution >= 4 is 18.0 Å². The van der Waals surface area contributed by atoms with Crippen LogP contribution < -0.4 is 16.0 Å². The van der Waals surface area contributed by atoms with Crippen LogP contribution in [0, 0.1) is 0 Å². The van der Waals surface area contributed by atoms with Crippen molar-refractivity contribution in [2.45, 2.75) is 65.1 Å². The molecule has 0 bridgehead atoms. The molecule has 0 aromatic heterocycles. The van der Waals surface area contributed by atoms with Crippen LogP contribution in [0.3, 0.4) is 0 Å². The molecule has 0 fully saturated rings. The normalized spacial score (nSPS) is 12.2. The van der Waals surface area contributed by atoms with E-state index < -0.39 is 17.2 Å². The number of likely N-dealkylation sites (N-methyl/N-ethyl adjacent to an activating group) is 1. The first-order valence-corrected chi connectivity index (χ1v) is 10.8. The maximum absolute atomic E-state index is 12.4. The lowest BCUT2D eigenvalue weighted by Gasteiger charge is -2.34. The van der Waals surface area contributed by atoms with Gasteiger partial charge in [-0.05, 0) is 39.2 Å². The van der Waals surface area contributed by atoms with E-state index >= 15 is 0 Å². The average Bonchev–Trinajstić information content (AvgIpc) is 2.71. The van der Waals surface area contributed by atoms with E-state index in [2.05, 4.69) is 20.9 Å². The molecule has 0 saturated heterocycles.